The van der Waals surface area contributed by atoms with E-state index in [0.29, 0.717) is 13.1 Å². The summed E-state index contributed by atoms with van der Waals surface area (Å²) in [5.41, 5.74) is 2.72. The maximum Gasteiger partial charge on any atom is 0.279 e. The van der Waals surface area contributed by atoms with Gasteiger partial charge in [-0.3, -0.25) is 4.79 Å². The van der Waals surface area contributed by atoms with E-state index in [1.165, 1.54) is 13.2 Å². The van der Waals surface area contributed by atoms with Crippen LogP contribution in [0.25, 0.3) is 0 Å². The van der Waals surface area contributed by atoms with Crippen LogP contribution in [0.2, 0.25) is 0 Å². The topological polar surface area (TPSA) is 55.2 Å². The second kappa shape index (κ2) is 9.52. The number of ether oxygens (including phenoxy) is 2. The summed E-state index contributed by atoms with van der Waals surface area (Å²) in [5.74, 6) is -0.247. The predicted molar refractivity (Wildman–Crippen MR) is 107 cm³/mol. The quantitative estimate of drug-likeness (QED) is 0.751. The molecule has 2 N–H and O–H groups in total. The van der Waals surface area contributed by atoms with Crippen molar-refractivity contribution in [3.63, 3.8) is 0 Å². The zero-order valence-corrected chi connectivity index (χ0v) is 16.3. The van der Waals surface area contributed by atoms with Gasteiger partial charge in [0.1, 0.15) is 6.54 Å². The van der Waals surface area contributed by atoms with Crippen LogP contribution in [0.4, 0.5) is 15.8 Å². The molecule has 0 aliphatic carbocycles. The van der Waals surface area contributed by atoms with Crippen LogP contribution in [0.1, 0.15) is 5.56 Å². The Morgan fingerprint density at radius 1 is 1.21 bits per heavy atom. The number of nitrogens with one attached hydrogen (secondary N) is 2. The highest BCUT2D eigenvalue weighted by molar-refractivity contribution is 5.91. The van der Waals surface area contributed by atoms with Gasteiger partial charge < -0.3 is 24.6 Å². The van der Waals surface area contributed by atoms with Gasteiger partial charge in [0.05, 0.1) is 27.4 Å². The first-order valence-corrected chi connectivity index (χ1v) is 9.41. The van der Waals surface area contributed by atoms with Gasteiger partial charge in [0.25, 0.3) is 5.91 Å². The molecule has 2 aromatic rings. The van der Waals surface area contributed by atoms with E-state index in [2.05, 4.69) is 10.2 Å². The fourth-order valence-electron chi connectivity index (χ4n) is 3.29. The molecule has 1 heterocycles. The monoisotopic (exact) mass is 388 g/mol. The average molecular weight is 388 g/mol. The summed E-state index contributed by atoms with van der Waals surface area (Å²) in [6.07, 6.45) is 0. The Kier molecular flexibility index (Phi) is 6.84. The minimum atomic E-state index is -0.391. The van der Waals surface area contributed by atoms with E-state index in [9.17, 15) is 9.18 Å². The number of hydrogen-bond donors (Lipinski definition) is 2. The second-order valence-corrected chi connectivity index (χ2v) is 6.97. The number of nitrogens with zero attached hydrogens (tertiary/aromatic N) is 1. The molecule has 0 bridgehead atoms. The van der Waals surface area contributed by atoms with E-state index < -0.39 is 5.82 Å². The highest BCUT2D eigenvalue weighted by Crippen LogP contribution is 2.19. The van der Waals surface area contributed by atoms with Crippen LogP contribution in [-0.4, -0.2) is 52.9 Å². The lowest BCUT2D eigenvalue weighted by molar-refractivity contribution is -0.885. The SMILES string of the molecule is COc1ccc(C[NH+](C)CC(=O)Nc2ccc(N3CCOCC3)cc2)cc1F. The summed E-state index contributed by atoms with van der Waals surface area (Å²) < 4.78 is 24.1. The van der Waals surface area contributed by atoms with Gasteiger partial charge in [0.15, 0.2) is 18.1 Å². The van der Waals surface area contributed by atoms with Crippen molar-refractivity contribution in [3.05, 3.63) is 53.8 Å². The number of morpholine rings is 1. The molecule has 7 heteroatoms. The van der Waals surface area contributed by atoms with Crippen LogP contribution in [0, 0.1) is 5.82 Å². The van der Waals surface area contributed by atoms with Crippen molar-refractivity contribution in [1.82, 2.24) is 0 Å². The van der Waals surface area contributed by atoms with E-state index in [4.69, 9.17) is 9.47 Å². The Labute approximate surface area is 164 Å². The molecule has 1 amide bonds. The minimum absolute atomic E-state index is 0.0781. The highest BCUT2D eigenvalue weighted by Gasteiger charge is 2.14. The third-order valence-corrected chi connectivity index (χ3v) is 4.71. The first kappa shape index (κ1) is 20.1. The molecule has 0 radical (unpaired) electrons. The van der Waals surface area contributed by atoms with Gasteiger partial charge >= 0.3 is 0 Å². The number of benzene rings is 2. The first-order valence-electron chi connectivity index (χ1n) is 9.41. The van der Waals surface area contributed by atoms with E-state index in [1.54, 1.807) is 6.07 Å². The number of halogens is 1. The van der Waals surface area contributed by atoms with Gasteiger partial charge in [-0.05, 0) is 42.5 Å². The molecule has 0 saturated carbocycles. The van der Waals surface area contributed by atoms with Crippen molar-refractivity contribution in [2.75, 3.05) is 57.2 Å². The van der Waals surface area contributed by atoms with E-state index in [1.807, 2.05) is 37.4 Å². The van der Waals surface area contributed by atoms with Crippen molar-refractivity contribution in [1.29, 1.82) is 0 Å². The third kappa shape index (κ3) is 5.43. The largest absolute Gasteiger partial charge is 0.494 e. The number of likely N-dealkylation sites (N-methyl/N-ethyl adjacent to an activating group) is 1. The maximum atomic E-state index is 13.8. The van der Waals surface area contributed by atoms with E-state index in [-0.39, 0.29) is 11.7 Å². The number of carbonyl (C=O) groups is 1. The van der Waals surface area contributed by atoms with Crippen LogP contribution >= 0.6 is 0 Å². The number of amides is 1. The van der Waals surface area contributed by atoms with E-state index >= 15 is 0 Å². The van der Waals surface area contributed by atoms with Gasteiger partial charge in [-0.15, -0.1) is 0 Å². The van der Waals surface area contributed by atoms with Gasteiger partial charge in [0.2, 0.25) is 0 Å². The summed E-state index contributed by atoms with van der Waals surface area (Å²) >= 11 is 0. The second-order valence-electron chi connectivity index (χ2n) is 6.97. The lowest BCUT2D eigenvalue weighted by Crippen LogP contribution is -3.08. The summed E-state index contributed by atoms with van der Waals surface area (Å²) in [7, 11) is 3.34. The minimum Gasteiger partial charge on any atom is -0.494 e. The number of methoxy groups -OCH3 is 1. The van der Waals surface area contributed by atoms with E-state index in [0.717, 1.165) is 48.1 Å². The maximum absolute atomic E-state index is 13.8. The molecule has 1 unspecified atom stereocenters. The fourth-order valence-corrected chi connectivity index (χ4v) is 3.29. The van der Waals surface area contributed by atoms with Crippen molar-refractivity contribution >= 4 is 17.3 Å². The summed E-state index contributed by atoms with van der Waals surface area (Å²) in [5, 5.41) is 2.92. The molecule has 1 aliphatic rings. The molecule has 1 saturated heterocycles. The first-order chi connectivity index (χ1) is 13.5. The zero-order valence-electron chi connectivity index (χ0n) is 16.3. The molecule has 0 spiro atoms. The molecular formula is C21H27FN3O3+. The van der Waals surface area contributed by atoms with Crippen LogP contribution < -0.4 is 19.9 Å². The fraction of sp³-hybridized carbons (Fsp3) is 0.381. The summed E-state index contributed by atoms with van der Waals surface area (Å²) in [4.78, 5) is 15.5. The zero-order chi connectivity index (χ0) is 19.9. The van der Waals surface area contributed by atoms with Crippen molar-refractivity contribution in [2.45, 2.75) is 6.54 Å². The van der Waals surface area contributed by atoms with Crippen LogP contribution in [0.15, 0.2) is 42.5 Å². The smallest absolute Gasteiger partial charge is 0.279 e. The summed E-state index contributed by atoms with van der Waals surface area (Å²) in [6, 6.07) is 12.7. The van der Waals surface area contributed by atoms with Gasteiger partial charge in [0, 0.05) is 30.0 Å². The Balaban J connectivity index is 1.49. The molecule has 1 fully saturated rings. The average Bonchev–Trinajstić information content (AvgIpc) is 2.69. The van der Waals surface area contributed by atoms with Crippen molar-refractivity contribution in [3.8, 4) is 5.75 Å². The van der Waals surface area contributed by atoms with Crippen LogP contribution in [0.5, 0.6) is 5.75 Å². The number of carbonyl (C=O) groups excluding carboxylic acids is 1. The normalized spacial score (nSPS) is 15.2. The summed E-state index contributed by atoms with van der Waals surface area (Å²) in [6.45, 7) is 4.08. The lowest BCUT2D eigenvalue weighted by Gasteiger charge is -2.28. The third-order valence-electron chi connectivity index (χ3n) is 4.71. The Morgan fingerprint density at radius 2 is 1.93 bits per heavy atom. The number of rotatable bonds is 7. The molecule has 3 rings (SSSR count). The van der Waals surface area contributed by atoms with Crippen LogP contribution in [0.3, 0.4) is 0 Å². The number of hydrogen-bond acceptors (Lipinski definition) is 4. The molecular weight excluding hydrogens is 361 g/mol. The highest BCUT2D eigenvalue weighted by atomic mass is 19.1. The number of quaternary nitrogens is 1. The molecule has 6 nitrogen and oxygen atoms in total. The molecule has 150 valence electrons. The van der Waals surface area contributed by atoms with Gasteiger partial charge in [-0.2, -0.15) is 0 Å². The Bertz CT molecular complexity index is 792. The standard InChI is InChI=1S/C21H26FN3O3/c1-24(14-16-3-8-20(27-2)19(22)13-16)15-21(26)23-17-4-6-18(7-5-17)25-9-11-28-12-10-25/h3-8,13H,9-12,14-15H2,1-2H3,(H,23,26)/p+1. The van der Waals surface area contributed by atoms with Crippen molar-refractivity contribution in [2.24, 2.45) is 0 Å². The molecule has 0 aromatic heterocycles. The van der Waals surface area contributed by atoms with Crippen molar-refractivity contribution < 1.29 is 23.6 Å². The molecule has 2 aromatic carbocycles. The Hall–Kier alpha value is -2.64. The van der Waals surface area contributed by atoms with Gasteiger partial charge in [-0.1, -0.05) is 0 Å². The van der Waals surface area contributed by atoms with Gasteiger partial charge in [-0.25, -0.2) is 4.39 Å². The van der Waals surface area contributed by atoms with Crippen LogP contribution in [-0.2, 0) is 16.1 Å². The predicted octanol–water partition coefficient (Wildman–Crippen LogP) is 1.32. The Morgan fingerprint density at radius 3 is 2.57 bits per heavy atom. The molecule has 1 atom stereocenters. The lowest BCUT2D eigenvalue weighted by atomic mass is 10.2. The number of anilines is 2. The molecule has 1 aliphatic heterocycles. The molecule has 28 heavy (non-hydrogen) atoms.